The molecule has 2 heterocycles. The van der Waals surface area contributed by atoms with E-state index in [2.05, 4.69) is 11.6 Å². The van der Waals surface area contributed by atoms with Gasteiger partial charge in [-0.3, -0.25) is 14.3 Å². The number of rotatable bonds is 7. The lowest BCUT2D eigenvalue weighted by Crippen LogP contribution is -2.58. The van der Waals surface area contributed by atoms with Gasteiger partial charge in [0.1, 0.15) is 0 Å². The van der Waals surface area contributed by atoms with Gasteiger partial charge >= 0.3 is 0 Å². The number of sulfonamides is 1. The van der Waals surface area contributed by atoms with E-state index < -0.39 is 27.0 Å². The number of anilines is 1. The fraction of sp³-hybridized carbons (Fsp3) is 0.621. The predicted octanol–water partition coefficient (Wildman–Crippen LogP) is 2.78. The molecule has 2 fully saturated rings. The van der Waals surface area contributed by atoms with Crippen molar-refractivity contribution in [1.29, 1.82) is 0 Å². The van der Waals surface area contributed by atoms with Gasteiger partial charge in [0.05, 0.1) is 23.3 Å². The summed E-state index contributed by atoms with van der Waals surface area (Å²) in [5.41, 5.74) is 5.91. The summed E-state index contributed by atoms with van der Waals surface area (Å²) in [6, 6.07) is 6.58. The lowest BCUT2D eigenvalue weighted by atomic mass is 9.47. The minimum absolute atomic E-state index is 0.0441. The molecule has 10 nitrogen and oxygen atoms in total. The van der Waals surface area contributed by atoms with E-state index >= 15 is 0 Å². The topological polar surface area (TPSA) is 163 Å². The van der Waals surface area contributed by atoms with Gasteiger partial charge in [0.15, 0.2) is 5.13 Å². The van der Waals surface area contributed by atoms with Crippen LogP contribution in [0, 0.1) is 29.6 Å². The van der Waals surface area contributed by atoms with E-state index in [0.29, 0.717) is 50.9 Å². The zero-order valence-electron chi connectivity index (χ0n) is 23.8. The van der Waals surface area contributed by atoms with Crippen molar-refractivity contribution in [2.45, 2.75) is 76.2 Å². The molecule has 5 atom stereocenters. The predicted molar refractivity (Wildman–Crippen MR) is 156 cm³/mol. The summed E-state index contributed by atoms with van der Waals surface area (Å²) in [5.74, 6) is -1.08. The molecule has 12 heteroatoms. The summed E-state index contributed by atoms with van der Waals surface area (Å²) >= 11 is 1.26. The van der Waals surface area contributed by atoms with Crippen LogP contribution in [0.2, 0.25) is 0 Å². The Hall–Kier alpha value is -2.54. The van der Waals surface area contributed by atoms with E-state index in [1.807, 2.05) is 13.8 Å². The summed E-state index contributed by atoms with van der Waals surface area (Å²) in [5, 5.41) is 21.7. The number of nitrogens with two attached hydrogens (primary N) is 1. The van der Waals surface area contributed by atoms with Gasteiger partial charge in [0.2, 0.25) is 11.8 Å². The van der Waals surface area contributed by atoms with E-state index in [4.69, 9.17) is 10.7 Å². The number of carbonyl (C=O) groups is 2. The molecule has 0 spiro atoms. The summed E-state index contributed by atoms with van der Waals surface area (Å²) in [7, 11) is -3.87. The average Bonchev–Trinajstić information content (AvgIpc) is 3.33. The molecule has 1 aromatic heterocycles. The van der Waals surface area contributed by atoms with Gasteiger partial charge in [-0.05, 0) is 62.5 Å². The molecule has 5 unspecified atom stereocenters. The van der Waals surface area contributed by atoms with Crippen molar-refractivity contribution >= 4 is 38.3 Å². The van der Waals surface area contributed by atoms with Crippen LogP contribution in [-0.4, -0.2) is 66.1 Å². The molecule has 0 radical (unpaired) electrons. The third-order valence-corrected chi connectivity index (χ3v) is 12.6. The standard InChI is InChI=1S/C29H40N4O6S2/c1-17-4-6-19(7-5-17)41(38,39)32-27-31-25-20(14-24(36)33-12-9-18(10-13-33)26(30)37)28(2)11-8-23(35)29(3,16-34)22(28)15-21(25)40-27/h4-7,18,20,22-23,34-35H,8-16H2,1-3H3,(H2,30,37)(H,31,32). The molecular weight excluding hydrogens is 564 g/mol. The molecule has 5 N–H and O–H groups in total. The number of amides is 2. The highest BCUT2D eigenvalue weighted by Gasteiger charge is 2.59. The highest BCUT2D eigenvalue weighted by Crippen LogP contribution is 2.63. The van der Waals surface area contributed by atoms with Crippen LogP contribution < -0.4 is 10.5 Å². The van der Waals surface area contributed by atoms with Crippen molar-refractivity contribution in [1.82, 2.24) is 9.88 Å². The second kappa shape index (κ2) is 10.9. The molecule has 1 saturated carbocycles. The number of aryl methyl sites for hydroxylation is 1. The third kappa shape index (κ3) is 5.39. The number of nitrogens with zero attached hydrogens (tertiary/aromatic N) is 2. The van der Waals surface area contributed by atoms with Gasteiger partial charge in [0.25, 0.3) is 10.0 Å². The normalized spacial score (nSPS) is 30.4. The summed E-state index contributed by atoms with van der Waals surface area (Å²) in [6.07, 6.45) is 2.22. The van der Waals surface area contributed by atoms with Crippen LogP contribution in [0.3, 0.4) is 0 Å². The Balaban J connectivity index is 1.48. The number of nitrogens with one attached hydrogen (secondary N) is 1. The minimum atomic E-state index is -3.87. The maximum atomic E-state index is 13.7. The van der Waals surface area contributed by atoms with E-state index in [1.165, 1.54) is 11.3 Å². The van der Waals surface area contributed by atoms with Gasteiger partial charge in [0, 0.05) is 41.6 Å². The number of aromatic nitrogens is 1. The van der Waals surface area contributed by atoms with Crippen molar-refractivity contribution < 1.29 is 28.2 Å². The van der Waals surface area contributed by atoms with E-state index in [9.17, 15) is 28.2 Å². The minimum Gasteiger partial charge on any atom is -0.396 e. The molecule has 1 saturated heterocycles. The van der Waals surface area contributed by atoms with Crippen molar-refractivity contribution in [2.75, 3.05) is 24.4 Å². The second-order valence-electron chi connectivity index (χ2n) is 12.5. The molecule has 41 heavy (non-hydrogen) atoms. The lowest BCUT2D eigenvalue weighted by Gasteiger charge is -2.58. The zero-order valence-corrected chi connectivity index (χ0v) is 25.4. The highest BCUT2D eigenvalue weighted by atomic mass is 32.2. The van der Waals surface area contributed by atoms with Gasteiger partial charge in [-0.1, -0.05) is 31.5 Å². The van der Waals surface area contributed by atoms with Gasteiger partial charge in [-0.25, -0.2) is 13.4 Å². The fourth-order valence-corrected chi connectivity index (χ4v) is 9.60. The van der Waals surface area contributed by atoms with Gasteiger partial charge < -0.3 is 20.8 Å². The smallest absolute Gasteiger partial charge is 0.263 e. The number of thiazole rings is 1. The average molecular weight is 605 g/mol. The lowest BCUT2D eigenvalue weighted by molar-refractivity contribution is -0.148. The number of primary amides is 1. The van der Waals surface area contributed by atoms with E-state index in [-0.39, 0.29) is 52.6 Å². The number of benzene rings is 1. The van der Waals surface area contributed by atoms with Gasteiger partial charge in [-0.15, -0.1) is 11.3 Å². The number of aliphatic hydroxyl groups is 2. The number of piperidine rings is 1. The Morgan fingerprint density at radius 1 is 1.17 bits per heavy atom. The summed E-state index contributed by atoms with van der Waals surface area (Å²) in [6.45, 7) is 6.62. The molecule has 2 aliphatic carbocycles. The molecule has 1 aliphatic heterocycles. The van der Waals surface area contributed by atoms with E-state index in [0.717, 1.165) is 10.4 Å². The number of fused-ring (bicyclic) bond motifs is 2. The van der Waals surface area contributed by atoms with Crippen LogP contribution in [0.5, 0.6) is 0 Å². The Kier molecular flexibility index (Phi) is 7.99. The quantitative estimate of drug-likeness (QED) is 0.378. The first kappa shape index (κ1) is 29.9. The number of carbonyl (C=O) groups excluding carboxylic acids is 2. The molecule has 1 aromatic carbocycles. The molecule has 5 rings (SSSR count). The van der Waals surface area contributed by atoms with Crippen molar-refractivity contribution in [2.24, 2.45) is 28.4 Å². The number of aliphatic hydroxyl groups excluding tert-OH is 2. The molecule has 2 aromatic rings. The first-order valence-corrected chi connectivity index (χ1v) is 16.5. The molecular formula is C29H40N4O6S2. The molecule has 2 amide bonds. The van der Waals surface area contributed by atoms with Crippen LogP contribution in [0.1, 0.15) is 68.0 Å². The largest absolute Gasteiger partial charge is 0.396 e. The third-order valence-electron chi connectivity index (χ3n) is 10.1. The monoisotopic (exact) mass is 604 g/mol. The maximum Gasteiger partial charge on any atom is 0.263 e. The van der Waals surface area contributed by atoms with Gasteiger partial charge in [-0.2, -0.15) is 0 Å². The van der Waals surface area contributed by atoms with Crippen molar-refractivity contribution in [3.63, 3.8) is 0 Å². The Bertz CT molecular complexity index is 1420. The summed E-state index contributed by atoms with van der Waals surface area (Å²) < 4.78 is 29.0. The molecule has 0 bridgehead atoms. The number of likely N-dealkylation sites (tertiary alicyclic amines) is 1. The SMILES string of the molecule is Cc1ccc(S(=O)(=O)Nc2nc3c(s2)CC2C(C)(CO)C(O)CCC2(C)C3CC(=O)N2CCC(C(N)=O)CC2)cc1. The van der Waals surface area contributed by atoms with Crippen molar-refractivity contribution in [3.05, 3.63) is 40.4 Å². The second-order valence-corrected chi connectivity index (χ2v) is 15.3. The Morgan fingerprint density at radius 3 is 2.44 bits per heavy atom. The van der Waals surface area contributed by atoms with Crippen LogP contribution in [0.25, 0.3) is 0 Å². The Labute approximate surface area is 245 Å². The first-order valence-electron chi connectivity index (χ1n) is 14.2. The van der Waals surface area contributed by atoms with Crippen LogP contribution in [0.15, 0.2) is 29.2 Å². The molecule has 3 aliphatic rings. The van der Waals surface area contributed by atoms with Crippen molar-refractivity contribution in [3.8, 4) is 0 Å². The summed E-state index contributed by atoms with van der Waals surface area (Å²) in [4.78, 5) is 32.9. The van der Waals surface area contributed by atoms with Crippen LogP contribution in [-0.2, 0) is 26.0 Å². The molecule has 224 valence electrons. The fourth-order valence-electron chi connectivity index (χ4n) is 7.30. The van der Waals surface area contributed by atoms with E-state index in [1.54, 1.807) is 29.2 Å². The number of hydrogen-bond donors (Lipinski definition) is 4. The highest BCUT2D eigenvalue weighted by molar-refractivity contribution is 7.93. The van der Waals surface area contributed by atoms with Crippen LogP contribution >= 0.6 is 11.3 Å². The zero-order chi connectivity index (χ0) is 29.7. The number of hydrogen-bond acceptors (Lipinski definition) is 8. The Morgan fingerprint density at radius 2 is 1.83 bits per heavy atom. The van der Waals surface area contributed by atoms with Crippen LogP contribution in [0.4, 0.5) is 5.13 Å². The first-order chi connectivity index (χ1) is 19.3. The maximum absolute atomic E-state index is 13.7.